The molecule has 12 heteroatoms. The quantitative estimate of drug-likeness (QED) is 0.100. The van der Waals surface area contributed by atoms with Gasteiger partial charge in [0.1, 0.15) is 0 Å². The van der Waals surface area contributed by atoms with Crippen molar-refractivity contribution in [1.29, 1.82) is 0 Å². The van der Waals surface area contributed by atoms with E-state index in [9.17, 15) is 0 Å². The van der Waals surface area contributed by atoms with Crippen LogP contribution in [0.15, 0.2) is 97.1 Å². The van der Waals surface area contributed by atoms with Crippen molar-refractivity contribution < 1.29 is 40.2 Å². The van der Waals surface area contributed by atoms with Gasteiger partial charge in [-0.15, -0.1) is 0 Å². The Morgan fingerprint density at radius 1 is 0.351 bits per heavy atom. The van der Waals surface area contributed by atoms with Gasteiger partial charge in [-0.25, -0.2) is 0 Å². The highest BCUT2D eigenvalue weighted by Crippen LogP contribution is 2.44. The van der Waals surface area contributed by atoms with E-state index in [-0.39, 0.29) is 0 Å². The topological polar surface area (TPSA) is 118 Å². The van der Waals surface area contributed by atoms with Gasteiger partial charge in [0.25, 0.3) is 0 Å². The standard InChI is InChI=1S/C25H20B4O8/c30-34-26-21-9-1-17(2-10-21)25(18-3-11-22(12-4-18)27-35-31,19-5-13-23(14-6-19)28-36-32)20-7-15-24(16-8-20)29-37-33/h1-16,30-33H. The highest BCUT2D eigenvalue weighted by atomic mass is 17.1. The first-order chi connectivity index (χ1) is 18.1. The first-order valence-corrected chi connectivity index (χ1v) is 11.1. The monoisotopic (exact) mass is 492 g/mol. The Bertz CT molecular complexity index is 1050. The van der Waals surface area contributed by atoms with Gasteiger partial charge in [-0.05, 0) is 22.3 Å². The summed E-state index contributed by atoms with van der Waals surface area (Å²) in [5, 5.41) is 35.4. The van der Waals surface area contributed by atoms with Crippen LogP contribution < -0.4 is 21.9 Å². The molecule has 0 fully saturated rings. The molecule has 0 atom stereocenters. The molecule has 4 radical (unpaired) electrons. The van der Waals surface area contributed by atoms with E-state index in [0.717, 1.165) is 22.3 Å². The molecule has 4 N–H and O–H groups in total. The fourth-order valence-electron chi connectivity index (χ4n) is 4.49. The van der Waals surface area contributed by atoms with E-state index in [0.29, 0.717) is 21.9 Å². The van der Waals surface area contributed by atoms with Gasteiger partial charge in [0.2, 0.25) is 0 Å². The minimum absolute atomic E-state index is 0.667. The smallest absolute Gasteiger partial charge is 0.307 e. The molecular formula is C25H20B4O8. The Morgan fingerprint density at radius 3 is 0.703 bits per heavy atom. The Labute approximate surface area is 216 Å². The lowest BCUT2D eigenvalue weighted by Gasteiger charge is -2.37. The van der Waals surface area contributed by atoms with Gasteiger partial charge in [0.15, 0.2) is 0 Å². The maximum atomic E-state index is 8.84. The van der Waals surface area contributed by atoms with Crippen LogP contribution in [-0.4, -0.2) is 51.0 Å². The molecule has 0 aliphatic carbocycles. The van der Waals surface area contributed by atoms with Gasteiger partial charge in [-0.2, -0.15) is 0 Å². The number of hydrogen-bond donors (Lipinski definition) is 4. The number of hydrogen-bond acceptors (Lipinski definition) is 8. The van der Waals surface area contributed by atoms with E-state index in [1.807, 2.05) is 97.1 Å². The van der Waals surface area contributed by atoms with Gasteiger partial charge in [-0.1, -0.05) is 119 Å². The molecule has 4 rings (SSSR count). The average Bonchev–Trinajstić information content (AvgIpc) is 2.93. The first-order valence-electron chi connectivity index (χ1n) is 11.1. The fraction of sp³-hybridized carbons (Fsp3) is 0.0400. The van der Waals surface area contributed by atoms with Gasteiger partial charge >= 0.3 is 29.9 Å². The van der Waals surface area contributed by atoms with Gasteiger partial charge in [0, 0.05) is 0 Å². The van der Waals surface area contributed by atoms with E-state index in [1.165, 1.54) is 29.9 Å². The summed E-state index contributed by atoms with van der Waals surface area (Å²) in [6, 6.07) is 30.1. The van der Waals surface area contributed by atoms with E-state index in [2.05, 4.69) is 19.2 Å². The van der Waals surface area contributed by atoms with Crippen LogP contribution in [0.3, 0.4) is 0 Å². The summed E-state index contributed by atoms with van der Waals surface area (Å²) >= 11 is 0. The Balaban J connectivity index is 1.98. The molecule has 0 saturated heterocycles. The molecule has 180 valence electrons. The molecule has 0 heterocycles. The second-order valence-corrected chi connectivity index (χ2v) is 8.13. The Hall–Kier alpha value is -3.18. The van der Waals surface area contributed by atoms with E-state index in [4.69, 9.17) is 21.0 Å². The molecule has 0 saturated carbocycles. The number of rotatable bonds is 12. The molecule has 8 nitrogen and oxygen atoms in total. The van der Waals surface area contributed by atoms with Crippen molar-refractivity contribution in [2.24, 2.45) is 0 Å². The third-order valence-electron chi connectivity index (χ3n) is 6.13. The summed E-state index contributed by atoms with van der Waals surface area (Å²) in [5.74, 6) is 0. The molecule has 4 aromatic carbocycles. The third kappa shape index (κ3) is 5.88. The van der Waals surface area contributed by atoms with Crippen LogP contribution in [0.25, 0.3) is 0 Å². The highest BCUT2D eigenvalue weighted by Gasteiger charge is 2.38. The molecule has 0 unspecified atom stereocenters. The highest BCUT2D eigenvalue weighted by molar-refractivity contribution is 6.47. The zero-order valence-electron chi connectivity index (χ0n) is 19.5. The van der Waals surface area contributed by atoms with Crippen molar-refractivity contribution in [2.45, 2.75) is 5.41 Å². The van der Waals surface area contributed by atoms with Crippen molar-refractivity contribution in [3.63, 3.8) is 0 Å². The Morgan fingerprint density at radius 2 is 0.541 bits per heavy atom. The maximum Gasteiger partial charge on any atom is 0.381 e. The molecule has 0 aliphatic heterocycles. The molecule has 0 bridgehead atoms. The van der Waals surface area contributed by atoms with Crippen LogP contribution in [-0.2, 0) is 24.6 Å². The van der Waals surface area contributed by atoms with E-state index < -0.39 is 5.41 Å². The van der Waals surface area contributed by atoms with Crippen LogP contribution in [0.5, 0.6) is 0 Å². The fourth-order valence-corrected chi connectivity index (χ4v) is 4.49. The lowest BCUT2D eigenvalue weighted by atomic mass is 9.63. The van der Waals surface area contributed by atoms with Crippen LogP contribution >= 0.6 is 0 Å². The SMILES string of the molecule is OO[B]c1ccc(C(c2ccc([B]OO)cc2)(c2ccc([B]OO)cc2)c2ccc([B]OO)cc2)cc1. The normalized spacial score (nSPS) is 11.1. The largest absolute Gasteiger partial charge is 0.381 e. The van der Waals surface area contributed by atoms with Crippen molar-refractivity contribution in [3.05, 3.63) is 119 Å². The molecule has 0 aromatic heterocycles. The summed E-state index contributed by atoms with van der Waals surface area (Å²) < 4.78 is 0. The molecule has 4 aromatic rings. The van der Waals surface area contributed by atoms with Crippen molar-refractivity contribution in [3.8, 4) is 0 Å². The summed E-state index contributed by atoms with van der Waals surface area (Å²) in [6.07, 6.45) is 0. The van der Waals surface area contributed by atoms with Crippen LogP contribution in [0.2, 0.25) is 0 Å². The zero-order valence-corrected chi connectivity index (χ0v) is 19.5. The van der Waals surface area contributed by atoms with Gasteiger partial charge < -0.3 is 19.2 Å². The predicted molar refractivity (Wildman–Crippen MR) is 141 cm³/mol. The first kappa shape index (κ1) is 26.9. The summed E-state index contributed by atoms with van der Waals surface area (Å²) in [4.78, 5) is 16.7. The van der Waals surface area contributed by atoms with Crippen LogP contribution in [0.1, 0.15) is 22.3 Å². The van der Waals surface area contributed by atoms with Crippen molar-refractivity contribution >= 4 is 51.8 Å². The lowest BCUT2D eigenvalue weighted by Crippen LogP contribution is -2.33. The third-order valence-corrected chi connectivity index (χ3v) is 6.13. The molecular weight excluding hydrogens is 472 g/mol. The van der Waals surface area contributed by atoms with Crippen LogP contribution in [0.4, 0.5) is 0 Å². The summed E-state index contributed by atoms with van der Waals surface area (Å²) in [5.41, 5.74) is 5.45. The molecule has 0 aliphatic rings. The van der Waals surface area contributed by atoms with Crippen molar-refractivity contribution in [2.75, 3.05) is 0 Å². The molecule has 37 heavy (non-hydrogen) atoms. The maximum absolute atomic E-state index is 8.84. The molecule has 0 spiro atoms. The Kier molecular flexibility index (Phi) is 9.34. The van der Waals surface area contributed by atoms with Gasteiger partial charge in [0.05, 0.1) is 5.41 Å². The zero-order chi connectivity index (χ0) is 26.1. The summed E-state index contributed by atoms with van der Waals surface area (Å²) in [6.45, 7) is 0. The van der Waals surface area contributed by atoms with Crippen LogP contribution in [0, 0.1) is 0 Å². The second-order valence-electron chi connectivity index (χ2n) is 8.13. The summed E-state index contributed by atoms with van der Waals surface area (Å²) in [7, 11) is 4.90. The minimum atomic E-state index is -0.839. The van der Waals surface area contributed by atoms with Crippen molar-refractivity contribution in [1.82, 2.24) is 0 Å². The van der Waals surface area contributed by atoms with E-state index >= 15 is 0 Å². The van der Waals surface area contributed by atoms with Gasteiger partial charge in [-0.3, -0.25) is 21.0 Å². The average molecular weight is 492 g/mol. The lowest BCUT2D eigenvalue weighted by molar-refractivity contribution is -0.135. The number of benzene rings is 4. The molecule has 0 amide bonds. The van der Waals surface area contributed by atoms with E-state index in [1.54, 1.807) is 0 Å². The minimum Gasteiger partial charge on any atom is -0.307 e. The predicted octanol–water partition coefficient (Wildman–Crippen LogP) is 1.01. The second kappa shape index (κ2) is 12.9.